The molecule has 1 aromatic heterocycles. The minimum Gasteiger partial charge on any atom is -0.453 e. The summed E-state index contributed by atoms with van der Waals surface area (Å²) in [6.07, 6.45) is 6.99. The van der Waals surface area contributed by atoms with Crippen LogP contribution in [0, 0.1) is 11.2 Å². The number of nitrogens with one attached hydrogen (secondary N) is 1. The molecule has 132 valence electrons. The number of pyridine rings is 1. The van der Waals surface area contributed by atoms with Crippen LogP contribution in [-0.4, -0.2) is 17.4 Å². The fraction of sp³-hybridized carbons (Fsp3) is 0.300. The van der Waals surface area contributed by atoms with Gasteiger partial charge in [0.25, 0.3) is 0 Å². The van der Waals surface area contributed by atoms with Crippen LogP contribution in [0.1, 0.15) is 32.8 Å². The summed E-state index contributed by atoms with van der Waals surface area (Å²) >= 11 is 0. The monoisotopic (exact) mass is 342 g/mol. The van der Waals surface area contributed by atoms with Gasteiger partial charge >= 0.3 is 0 Å². The van der Waals surface area contributed by atoms with Crippen molar-refractivity contribution < 1.29 is 13.9 Å². The molecule has 5 heteroatoms. The number of halogens is 1. The molecule has 4 nitrogen and oxygen atoms in total. The first-order valence-electron chi connectivity index (χ1n) is 8.17. The van der Waals surface area contributed by atoms with Crippen LogP contribution in [0.15, 0.2) is 48.8 Å². The predicted molar refractivity (Wildman–Crippen MR) is 96.8 cm³/mol. The Hall–Kier alpha value is -2.69. The Morgan fingerprint density at radius 3 is 2.76 bits per heavy atom. The van der Waals surface area contributed by atoms with E-state index in [2.05, 4.69) is 31.1 Å². The fourth-order valence-electron chi connectivity index (χ4n) is 2.03. The van der Waals surface area contributed by atoms with Crippen molar-refractivity contribution in [3.8, 4) is 11.5 Å². The number of carbonyl (C=O) groups excluding carboxylic acids is 1. The number of amides is 1. The summed E-state index contributed by atoms with van der Waals surface area (Å²) < 4.78 is 19.5. The van der Waals surface area contributed by atoms with E-state index in [1.54, 1.807) is 30.5 Å². The molecule has 0 aliphatic heterocycles. The average Bonchev–Trinajstić information content (AvgIpc) is 2.55. The molecule has 0 saturated carbocycles. The second kappa shape index (κ2) is 8.42. The molecule has 0 aliphatic rings. The molecule has 0 aliphatic carbocycles. The number of carbonyl (C=O) groups is 1. The van der Waals surface area contributed by atoms with Gasteiger partial charge in [-0.2, -0.15) is 0 Å². The third-order valence-electron chi connectivity index (χ3n) is 3.42. The Balaban J connectivity index is 1.92. The molecule has 0 unspecified atom stereocenters. The van der Waals surface area contributed by atoms with Gasteiger partial charge in [-0.05, 0) is 47.7 Å². The summed E-state index contributed by atoms with van der Waals surface area (Å²) in [6.45, 7) is 6.96. The van der Waals surface area contributed by atoms with Crippen LogP contribution in [0.5, 0.6) is 11.5 Å². The van der Waals surface area contributed by atoms with Crippen LogP contribution >= 0.6 is 0 Å². The molecule has 1 heterocycles. The Kier molecular flexibility index (Phi) is 6.28. The third kappa shape index (κ3) is 6.75. The van der Waals surface area contributed by atoms with Crippen LogP contribution in [0.4, 0.5) is 4.39 Å². The molecule has 0 bridgehead atoms. The molecular weight excluding hydrogens is 319 g/mol. The first-order valence-corrected chi connectivity index (χ1v) is 8.17. The van der Waals surface area contributed by atoms with Crippen LogP contribution in [0.25, 0.3) is 6.08 Å². The van der Waals surface area contributed by atoms with Gasteiger partial charge in [0, 0.05) is 18.8 Å². The lowest BCUT2D eigenvalue weighted by atomic mass is 9.92. The van der Waals surface area contributed by atoms with E-state index < -0.39 is 5.82 Å². The van der Waals surface area contributed by atoms with Crippen molar-refractivity contribution in [3.05, 3.63) is 60.2 Å². The Bertz CT molecular complexity index is 737. The van der Waals surface area contributed by atoms with Gasteiger partial charge in [-0.1, -0.05) is 26.8 Å². The van der Waals surface area contributed by atoms with Gasteiger partial charge < -0.3 is 10.1 Å². The van der Waals surface area contributed by atoms with Crippen molar-refractivity contribution in [2.24, 2.45) is 5.41 Å². The van der Waals surface area contributed by atoms with Crippen molar-refractivity contribution in [1.29, 1.82) is 0 Å². The van der Waals surface area contributed by atoms with E-state index in [0.29, 0.717) is 17.9 Å². The molecule has 2 aromatic rings. The molecule has 0 saturated heterocycles. The molecule has 0 fully saturated rings. The minimum atomic E-state index is -0.501. The topological polar surface area (TPSA) is 51.2 Å². The van der Waals surface area contributed by atoms with Crippen molar-refractivity contribution in [3.63, 3.8) is 0 Å². The summed E-state index contributed by atoms with van der Waals surface area (Å²) in [6, 6.07) is 7.95. The first kappa shape index (κ1) is 18.6. The van der Waals surface area contributed by atoms with E-state index in [9.17, 15) is 9.18 Å². The van der Waals surface area contributed by atoms with E-state index in [4.69, 9.17) is 4.74 Å². The third-order valence-corrected chi connectivity index (χ3v) is 3.42. The SMILES string of the molecule is CC(C)(C)CCNC(=O)/C=C/c1ccc(Oc2cccnc2)c(F)c1. The van der Waals surface area contributed by atoms with Crippen LogP contribution < -0.4 is 10.1 Å². The highest BCUT2D eigenvalue weighted by atomic mass is 19.1. The van der Waals surface area contributed by atoms with Gasteiger partial charge in [-0.25, -0.2) is 4.39 Å². The predicted octanol–water partition coefficient (Wildman–Crippen LogP) is 4.58. The normalized spacial score (nSPS) is 11.5. The smallest absolute Gasteiger partial charge is 0.243 e. The average molecular weight is 342 g/mol. The number of benzene rings is 1. The zero-order chi connectivity index (χ0) is 18.3. The van der Waals surface area contributed by atoms with E-state index in [0.717, 1.165) is 6.42 Å². The summed E-state index contributed by atoms with van der Waals surface area (Å²) in [5, 5.41) is 2.82. The van der Waals surface area contributed by atoms with Gasteiger partial charge in [0.15, 0.2) is 11.6 Å². The number of hydrogen-bond donors (Lipinski definition) is 1. The lowest BCUT2D eigenvalue weighted by Crippen LogP contribution is -2.25. The highest BCUT2D eigenvalue weighted by Crippen LogP contribution is 2.24. The standard InChI is InChI=1S/C20H23FN2O2/c1-20(2,3)10-12-23-19(24)9-7-15-6-8-18(17(21)13-15)25-16-5-4-11-22-14-16/h4-9,11,13-14H,10,12H2,1-3H3,(H,23,24)/b9-7+. The van der Waals surface area contributed by atoms with Gasteiger partial charge in [0.2, 0.25) is 5.91 Å². The number of nitrogens with zero attached hydrogens (tertiary/aromatic N) is 1. The molecule has 1 N–H and O–H groups in total. The number of ether oxygens (including phenoxy) is 1. The lowest BCUT2D eigenvalue weighted by Gasteiger charge is -2.17. The maximum absolute atomic E-state index is 14.1. The number of aromatic nitrogens is 1. The van der Waals surface area contributed by atoms with Crippen LogP contribution in [0.3, 0.4) is 0 Å². The summed E-state index contributed by atoms with van der Waals surface area (Å²) in [5.41, 5.74) is 0.756. The van der Waals surface area contributed by atoms with E-state index in [-0.39, 0.29) is 17.1 Å². The molecule has 0 radical (unpaired) electrons. The molecule has 0 atom stereocenters. The quantitative estimate of drug-likeness (QED) is 0.782. The maximum atomic E-state index is 14.1. The fourth-order valence-corrected chi connectivity index (χ4v) is 2.03. The Morgan fingerprint density at radius 2 is 2.12 bits per heavy atom. The molecular formula is C20H23FN2O2. The van der Waals surface area contributed by atoms with Gasteiger partial charge in [-0.15, -0.1) is 0 Å². The molecule has 2 rings (SSSR count). The second-order valence-electron chi connectivity index (χ2n) is 6.92. The lowest BCUT2D eigenvalue weighted by molar-refractivity contribution is -0.116. The number of hydrogen-bond acceptors (Lipinski definition) is 3. The highest BCUT2D eigenvalue weighted by molar-refractivity contribution is 5.91. The van der Waals surface area contributed by atoms with Crippen molar-refractivity contribution in [2.45, 2.75) is 27.2 Å². The van der Waals surface area contributed by atoms with Crippen molar-refractivity contribution >= 4 is 12.0 Å². The van der Waals surface area contributed by atoms with E-state index in [1.807, 2.05) is 0 Å². The summed E-state index contributed by atoms with van der Waals surface area (Å²) in [5.74, 6) is -0.123. The highest BCUT2D eigenvalue weighted by Gasteiger charge is 2.09. The second-order valence-corrected chi connectivity index (χ2v) is 6.92. The van der Waals surface area contributed by atoms with Crippen molar-refractivity contribution in [2.75, 3.05) is 6.54 Å². The molecule has 25 heavy (non-hydrogen) atoms. The van der Waals surface area contributed by atoms with E-state index >= 15 is 0 Å². The largest absolute Gasteiger partial charge is 0.453 e. The minimum absolute atomic E-state index is 0.111. The van der Waals surface area contributed by atoms with Crippen LogP contribution in [-0.2, 0) is 4.79 Å². The van der Waals surface area contributed by atoms with E-state index in [1.165, 1.54) is 24.4 Å². The molecule has 1 aromatic carbocycles. The van der Waals surface area contributed by atoms with Crippen LogP contribution in [0.2, 0.25) is 0 Å². The maximum Gasteiger partial charge on any atom is 0.243 e. The Labute approximate surface area is 147 Å². The van der Waals surface area contributed by atoms with Gasteiger partial charge in [0.05, 0.1) is 6.20 Å². The summed E-state index contributed by atoms with van der Waals surface area (Å²) in [4.78, 5) is 15.7. The number of rotatable bonds is 6. The zero-order valence-electron chi connectivity index (χ0n) is 14.8. The van der Waals surface area contributed by atoms with Gasteiger partial charge in [0.1, 0.15) is 5.75 Å². The Morgan fingerprint density at radius 1 is 1.32 bits per heavy atom. The zero-order valence-corrected chi connectivity index (χ0v) is 14.8. The van der Waals surface area contributed by atoms with Gasteiger partial charge in [-0.3, -0.25) is 9.78 Å². The van der Waals surface area contributed by atoms with Crippen molar-refractivity contribution in [1.82, 2.24) is 10.3 Å². The molecule has 0 spiro atoms. The summed E-state index contributed by atoms with van der Waals surface area (Å²) in [7, 11) is 0. The first-order chi connectivity index (χ1) is 11.8. The molecule has 1 amide bonds.